The van der Waals surface area contributed by atoms with Gasteiger partial charge < -0.3 is 15.7 Å². The summed E-state index contributed by atoms with van der Waals surface area (Å²) in [6.07, 6.45) is 2.24. The van der Waals surface area contributed by atoms with E-state index in [1.165, 1.54) is 17.2 Å². The van der Waals surface area contributed by atoms with Crippen LogP contribution in [-0.4, -0.2) is 58.9 Å². The van der Waals surface area contributed by atoms with E-state index in [0.29, 0.717) is 45.4 Å². The lowest BCUT2D eigenvalue weighted by molar-refractivity contribution is -0.146. The van der Waals surface area contributed by atoms with Crippen LogP contribution in [0.25, 0.3) is 0 Å². The lowest BCUT2D eigenvalue weighted by Crippen LogP contribution is -2.58. The minimum atomic E-state index is -1.40. The molecule has 3 aromatic rings. The van der Waals surface area contributed by atoms with Crippen LogP contribution in [0.15, 0.2) is 78.9 Å². The molecule has 5 rings (SSSR count). The molecule has 216 valence electrons. The van der Waals surface area contributed by atoms with E-state index in [1.807, 2.05) is 41.3 Å². The largest absolute Gasteiger partial charge is 0.478 e. The first-order valence-corrected chi connectivity index (χ1v) is 14.2. The highest BCUT2D eigenvalue weighted by atomic mass is 35.5. The molecule has 0 aromatic heterocycles. The number of halogens is 2. The van der Waals surface area contributed by atoms with Crippen LogP contribution in [0.3, 0.4) is 0 Å². The van der Waals surface area contributed by atoms with E-state index in [2.05, 4.69) is 29.2 Å². The lowest BCUT2D eigenvalue weighted by Gasteiger charge is -2.46. The lowest BCUT2D eigenvalue weighted by atomic mass is 9.60. The van der Waals surface area contributed by atoms with Gasteiger partial charge in [-0.2, -0.15) is 0 Å². The third-order valence-corrected chi connectivity index (χ3v) is 8.80. The molecule has 3 N–H and O–H groups in total. The quantitative estimate of drug-likeness (QED) is 0.385. The fourth-order valence-electron chi connectivity index (χ4n) is 6.65. The molecular formula is C32H35Cl2N3O4. The Labute approximate surface area is 251 Å². The van der Waals surface area contributed by atoms with Crippen molar-refractivity contribution in [2.75, 3.05) is 26.2 Å². The summed E-state index contributed by atoms with van der Waals surface area (Å²) in [6.45, 7) is 2.34. The SMILES string of the molecule is Cl.NC(=O)[C@]1(c2ccc(Cl)cc2C(=O)O)CCCC[C@H]1C(=O)N1CCN(C(c2ccccc2)c2ccccc2)CC1. The summed E-state index contributed by atoms with van der Waals surface area (Å²) in [4.78, 5) is 43.7. The number of primary amides is 1. The third-order valence-electron chi connectivity index (χ3n) is 8.56. The van der Waals surface area contributed by atoms with E-state index >= 15 is 0 Å². The molecule has 0 radical (unpaired) electrons. The monoisotopic (exact) mass is 595 g/mol. The number of nitrogens with two attached hydrogens (primary N) is 1. The van der Waals surface area contributed by atoms with Gasteiger partial charge in [0.2, 0.25) is 11.8 Å². The number of nitrogens with zero attached hydrogens (tertiary/aromatic N) is 2. The molecule has 2 atom stereocenters. The average molecular weight is 597 g/mol. The Hall–Kier alpha value is -3.39. The van der Waals surface area contributed by atoms with Crippen LogP contribution in [0.5, 0.6) is 0 Å². The van der Waals surface area contributed by atoms with E-state index in [1.54, 1.807) is 12.1 Å². The normalized spacial score (nSPS) is 21.2. The van der Waals surface area contributed by atoms with Crippen molar-refractivity contribution in [2.24, 2.45) is 11.7 Å². The van der Waals surface area contributed by atoms with Crippen LogP contribution in [0, 0.1) is 5.92 Å². The molecule has 2 aliphatic rings. The van der Waals surface area contributed by atoms with Gasteiger partial charge in [0, 0.05) is 31.2 Å². The van der Waals surface area contributed by atoms with Crippen LogP contribution < -0.4 is 5.73 Å². The van der Waals surface area contributed by atoms with Crippen LogP contribution in [0.1, 0.15) is 58.8 Å². The van der Waals surface area contributed by atoms with Gasteiger partial charge in [0.05, 0.1) is 22.9 Å². The van der Waals surface area contributed by atoms with Gasteiger partial charge in [-0.1, -0.05) is 91.2 Å². The number of carbonyl (C=O) groups excluding carboxylic acids is 2. The minimum Gasteiger partial charge on any atom is -0.478 e. The number of benzene rings is 3. The first-order chi connectivity index (χ1) is 19.3. The zero-order valence-corrected chi connectivity index (χ0v) is 24.3. The molecule has 0 bridgehead atoms. The molecule has 41 heavy (non-hydrogen) atoms. The molecule has 1 saturated carbocycles. The smallest absolute Gasteiger partial charge is 0.336 e. The van der Waals surface area contributed by atoms with E-state index in [-0.39, 0.29) is 40.5 Å². The number of aromatic carboxylic acids is 1. The molecule has 1 aliphatic heterocycles. The Morgan fingerprint density at radius 1 is 0.878 bits per heavy atom. The Morgan fingerprint density at radius 2 is 1.46 bits per heavy atom. The van der Waals surface area contributed by atoms with Crippen molar-refractivity contribution < 1.29 is 19.5 Å². The van der Waals surface area contributed by atoms with E-state index in [0.717, 1.165) is 6.42 Å². The molecule has 1 heterocycles. The summed E-state index contributed by atoms with van der Waals surface area (Å²) in [7, 11) is 0. The molecule has 9 heteroatoms. The van der Waals surface area contributed by atoms with Gasteiger partial charge in [-0.15, -0.1) is 12.4 Å². The second kappa shape index (κ2) is 13.1. The molecule has 3 aromatic carbocycles. The van der Waals surface area contributed by atoms with Gasteiger partial charge in [0.25, 0.3) is 0 Å². The maximum absolute atomic E-state index is 14.1. The number of carboxylic acid groups (broad SMARTS) is 1. The molecule has 0 unspecified atom stereocenters. The molecule has 2 amide bonds. The van der Waals surface area contributed by atoms with Crippen LogP contribution >= 0.6 is 24.0 Å². The third kappa shape index (κ3) is 5.98. The molecule has 2 fully saturated rings. The number of amides is 2. The molecule has 7 nitrogen and oxygen atoms in total. The maximum Gasteiger partial charge on any atom is 0.336 e. The summed E-state index contributed by atoms with van der Waals surface area (Å²) in [5.74, 6) is -2.73. The van der Waals surface area contributed by atoms with Crippen molar-refractivity contribution in [3.8, 4) is 0 Å². The second-order valence-electron chi connectivity index (χ2n) is 10.7. The van der Waals surface area contributed by atoms with Crippen molar-refractivity contribution in [1.29, 1.82) is 0 Å². The first kappa shape index (κ1) is 30.6. The number of hydrogen-bond acceptors (Lipinski definition) is 4. The molecule has 1 saturated heterocycles. The van der Waals surface area contributed by atoms with Crippen molar-refractivity contribution in [1.82, 2.24) is 9.80 Å². The highest BCUT2D eigenvalue weighted by molar-refractivity contribution is 6.31. The number of piperazine rings is 1. The Balaban J connectivity index is 0.00000387. The predicted molar refractivity (Wildman–Crippen MR) is 161 cm³/mol. The predicted octanol–water partition coefficient (Wildman–Crippen LogP) is 5.31. The fourth-order valence-corrected chi connectivity index (χ4v) is 6.82. The van der Waals surface area contributed by atoms with Crippen LogP contribution in [0.4, 0.5) is 0 Å². The van der Waals surface area contributed by atoms with Gasteiger partial charge in [-0.25, -0.2) is 4.79 Å². The number of carboxylic acids is 1. The van der Waals surface area contributed by atoms with E-state index in [4.69, 9.17) is 17.3 Å². The van der Waals surface area contributed by atoms with Gasteiger partial charge in [-0.3, -0.25) is 14.5 Å². The Bertz CT molecular complexity index is 1340. The minimum absolute atomic E-state index is 0. The fraction of sp³-hybridized carbons (Fsp3) is 0.344. The Kier molecular flexibility index (Phi) is 9.74. The van der Waals surface area contributed by atoms with Gasteiger partial charge in [-0.05, 0) is 41.7 Å². The van der Waals surface area contributed by atoms with Crippen molar-refractivity contribution in [2.45, 2.75) is 37.1 Å². The second-order valence-corrected chi connectivity index (χ2v) is 11.2. The summed E-state index contributed by atoms with van der Waals surface area (Å²) in [5.41, 5.74) is 7.23. The van der Waals surface area contributed by atoms with Gasteiger partial charge >= 0.3 is 5.97 Å². The number of rotatable bonds is 7. The van der Waals surface area contributed by atoms with Crippen molar-refractivity contribution in [3.05, 3.63) is 106 Å². The number of carbonyl (C=O) groups is 3. The first-order valence-electron chi connectivity index (χ1n) is 13.8. The van der Waals surface area contributed by atoms with E-state index in [9.17, 15) is 19.5 Å². The average Bonchev–Trinajstić information content (AvgIpc) is 2.98. The maximum atomic E-state index is 14.1. The molecule has 0 spiro atoms. The van der Waals surface area contributed by atoms with Gasteiger partial charge in [0.1, 0.15) is 0 Å². The van der Waals surface area contributed by atoms with E-state index < -0.39 is 23.2 Å². The zero-order chi connectivity index (χ0) is 28.3. The van der Waals surface area contributed by atoms with Gasteiger partial charge in [0.15, 0.2) is 0 Å². The van der Waals surface area contributed by atoms with Crippen molar-refractivity contribution in [3.63, 3.8) is 0 Å². The van der Waals surface area contributed by atoms with Crippen LogP contribution in [-0.2, 0) is 15.0 Å². The zero-order valence-electron chi connectivity index (χ0n) is 22.7. The highest BCUT2D eigenvalue weighted by Gasteiger charge is 2.53. The highest BCUT2D eigenvalue weighted by Crippen LogP contribution is 2.46. The summed E-state index contributed by atoms with van der Waals surface area (Å²) < 4.78 is 0. The van der Waals surface area contributed by atoms with Crippen molar-refractivity contribution >= 4 is 41.8 Å². The van der Waals surface area contributed by atoms with Crippen LogP contribution in [0.2, 0.25) is 5.02 Å². The molecule has 1 aliphatic carbocycles. The summed E-state index contributed by atoms with van der Waals surface area (Å²) >= 11 is 6.11. The summed E-state index contributed by atoms with van der Waals surface area (Å²) in [6, 6.07) is 25.2. The number of hydrogen-bond donors (Lipinski definition) is 2. The Morgan fingerprint density at radius 3 is 2.00 bits per heavy atom. The summed E-state index contributed by atoms with van der Waals surface area (Å²) in [5, 5.41) is 10.2. The molecular weight excluding hydrogens is 561 g/mol. The standard InChI is InChI=1S/C32H34ClN3O4.ClH/c33-24-14-15-26(25(21-24)30(38)39)32(31(34)40)16-8-7-13-27(32)29(37)36-19-17-35(18-20-36)28(22-9-3-1-4-10-22)23-11-5-2-6-12-23;/h1-6,9-12,14-15,21,27-28H,7-8,13,16-20H2,(H2,34,40)(H,38,39);1H/t27-,32-;/m0./s1. The topological polar surface area (TPSA) is 104 Å².